The number of aromatic nitrogens is 1. The molecule has 0 bridgehead atoms. The zero-order chi connectivity index (χ0) is 13.2. The van der Waals surface area contributed by atoms with Crippen LogP contribution in [-0.4, -0.2) is 16.2 Å². The summed E-state index contributed by atoms with van der Waals surface area (Å²) >= 11 is 0. The molecule has 0 aliphatic heterocycles. The van der Waals surface area contributed by atoms with Gasteiger partial charge in [0.25, 0.3) is 0 Å². The first-order chi connectivity index (χ1) is 8.76. The summed E-state index contributed by atoms with van der Waals surface area (Å²) in [7, 11) is 0. The van der Waals surface area contributed by atoms with Crippen LogP contribution in [0.1, 0.15) is 58.1 Å². The molecule has 102 valence electrons. The van der Waals surface area contributed by atoms with Crippen molar-refractivity contribution in [2.24, 2.45) is 5.92 Å². The van der Waals surface area contributed by atoms with Crippen molar-refractivity contribution < 1.29 is 5.11 Å². The molecule has 2 atom stereocenters. The topological polar surface area (TPSA) is 33.1 Å². The average Bonchev–Trinajstić information content (AvgIpc) is 2.42. The number of unbranched alkanes of at least 4 members (excludes halogenated alkanes) is 1. The first-order valence-electron chi connectivity index (χ1n) is 7.34. The quantitative estimate of drug-likeness (QED) is 0.718. The van der Waals surface area contributed by atoms with Gasteiger partial charge in [0.15, 0.2) is 0 Å². The molecule has 2 unspecified atom stereocenters. The third-order valence-electron chi connectivity index (χ3n) is 3.61. The second-order valence-electron chi connectivity index (χ2n) is 5.17. The maximum absolute atomic E-state index is 10.1. The highest BCUT2D eigenvalue weighted by Crippen LogP contribution is 2.20. The Bertz CT molecular complexity index is 299. The maximum Gasteiger partial charge on any atom is 0.0546 e. The molecule has 0 aliphatic rings. The van der Waals surface area contributed by atoms with Crippen LogP contribution >= 0.6 is 0 Å². The van der Waals surface area contributed by atoms with Crippen LogP contribution in [0.5, 0.6) is 0 Å². The molecule has 0 saturated heterocycles. The lowest BCUT2D eigenvalue weighted by atomic mass is 9.91. The summed E-state index contributed by atoms with van der Waals surface area (Å²) in [6, 6.07) is 5.96. The van der Waals surface area contributed by atoms with E-state index in [4.69, 9.17) is 0 Å². The van der Waals surface area contributed by atoms with Crippen LogP contribution in [-0.2, 0) is 6.42 Å². The van der Waals surface area contributed by atoms with E-state index in [9.17, 15) is 5.11 Å². The standard InChI is InChI=1S/C16H27NO/c1-3-5-8-14(4-2)13-16(18)11-10-15-9-6-7-12-17-15/h6-7,9,12,14,16,18H,3-5,8,10-11,13H2,1-2H3. The van der Waals surface area contributed by atoms with Gasteiger partial charge in [-0.1, -0.05) is 45.6 Å². The second-order valence-corrected chi connectivity index (χ2v) is 5.17. The molecule has 2 heteroatoms. The maximum atomic E-state index is 10.1. The van der Waals surface area contributed by atoms with E-state index in [0.29, 0.717) is 5.92 Å². The van der Waals surface area contributed by atoms with Crippen molar-refractivity contribution >= 4 is 0 Å². The number of pyridine rings is 1. The molecule has 1 aromatic heterocycles. The van der Waals surface area contributed by atoms with Crippen LogP contribution in [0.4, 0.5) is 0 Å². The molecule has 0 radical (unpaired) electrons. The minimum absolute atomic E-state index is 0.172. The number of aryl methyl sites for hydroxylation is 1. The highest BCUT2D eigenvalue weighted by Gasteiger charge is 2.12. The molecule has 0 aliphatic carbocycles. The van der Waals surface area contributed by atoms with E-state index in [1.165, 1.54) is 25.7 Å². The van der Waals surface area contributed by atoms with Gasteiger partial charge in [0, 0.05) is 11.9 Å². The summed E-state index contributed by atoms with van der Waals surface area (Å²) in [5, 5.41) is 10.1. The predicted molar refractivity (Wildman–Crippen MR) is 76.5 cm³/mol. The number of hydrogen-bond acceptors (Lipinski definition) is 2. The summed E-state index contributed by atoms with van der Waals surface area (Å²) in [4.78, 5) is 4.29. The van der Waals surface area contributed by atoms with E-state index in [0.717, 1.165) is 25.0 Å². The average molecular weight is 249 g/mol. The molecule has 1 heterocycles. The fourth-order valence-electron chi connectivity index (χ4n) is 2.34. The van der Waals surface area contributed by atoms with Crippen molar-refractivity contribution in [3.05, 3.63) is 30.1 Å². The first-order valence-corrected chi connectivity index (χ1v) is 7.34. The molecular formula is C16H27NO. The second kappa shape index (κ2) is 9.09. The first kappa shape index (κ1) is 15.2. The van der Waals surface area contributed by atoms with Crippen molar-refractivity contribution in [3.8, 4) is 0 Å². The molecular weight excluding hydrogens is 222 g/mol. The zero-order valence-electron chi connectivity index (χ0n) is 11.8. The van der Waals surface area contributed by atoms with Gasteiger partial charge < -0.3 is 5.11 Å². The van der Waals surface area contributed by atoms with E-state index in [-0.39, 0.29) is 6.10 Å². The van der Waals surface area contributed by atoms with E-state index in [1.807, 2.05) is 24.4 Å². The molecule has 0 saturated carbocycles. The Labute approximate surface area is 111 Å². The summed E-state index contributed by atoms with van der Waals surface area (Å²) in [5.74, 6) is 0.684. The smallest absolute Gasteiger partial charge is 0.0546 e. The molecule has 0 fully saturated rings. The Morgan fingerprint density at radius 2 is 2.06 bits per heavy atom. The highest BCUT2D eigenvalue weighted by molar-refractivity contribution is 5.03. The molecule has 1 aromatic rings. The summed E-state index contributed by atoms with van der Waals surface area (Å²) in [6.45, 7) is 4.45. The third-order valence-corrected chi connectivity index (χ3v) is 3.61. The van der Waals surface area contributed by atoms with Crippen molar-refractivity contribution in [1.82, 2.24) is 4.98 Å². The van der Waals surface area contributed by atoms with Crippen molar-refractivity contribution in [1.29, 1.82) is 0 Å². The van der Waals surface area contributed by atoms with Gasteiger partial charge in [0.05, 0.1) is 6.10 Å². The molecule has 0 aromatic carbocycles. The van der Waals surface area contributed by atoms with E-state index in [1.54, 1.807) is 0 Å². The minimum Gasteiger partial charge on any atom is -0.393 e. The molecule has 0 amide bonds. The Morgan fingerprint density at radius 3 is 2.67 bits per heavy atom. The number of hydrogen-bond donors (Lipinski definition) is 1. The van der Waals surface area contributed by atoms with E-state index < -0.39 is 0 Å². The molecule has 2 nitrogen and oxygen atoms in total. The minimum atomic E-state index is -0.172. The van der Waals surface area contributed by atoms with Crippen molar-refractivity contribution in [3.63, 3.8) is 0 Å². The Balaban J connectivity index is 2.25. The molecule has 1 N–H and O–H groups in total. The summed E-state index contributed by atoms with van der Waals surface area (Å²) < 4.78 is 0. The van der Waals surface area contributed by atoms with E-state index >= 15 is 0 Å². The molecule has 1 rings (SSSR count). The third kappa shape index (κ3) is 6.15. The van der Waals surface area contributed by atoms with Gasteiger partial charge in [-0.2, -0.15) is 0 Å². The van der Waals surface area contributed by atoms with E-state index in [2.05, 4.69) is 18.8 Å². The van der Waals surface area contributed by atoms with Crippen molar-refractivity contribution in [2.45, 2.75) is 64.9 Å². The van der Waals surface area contributed by atoms with Gasteiger partial charge in [-0.3, -0.25) is 4.98 Å². The van der Waals surface area contributed by atoms with Gasteiger partial charge in [-0.15, -0.1) is 0 Å². The zero-order valence-corrected chi connectivity index (χ0v) is 11.8. The lowest BCUT2D eigenvalue weighted by Crippen LogP contribution is -2.14. The van der Waals surface area contributed by atoms with Crippen LogP contribution in [0.3, 0.4) is 0 Å². The Morgan fingerprint density at radius 1 is 1.22 bits per heavy atom. The summed E-state index contributed by atoms with van der Waals surface area (Å²) in [5.41, 5.74) is 1.08. The predicted octanol–water partition coefficient (Wildman–Crippen LogP) is 3.98. The number of aliphatic hydroxyl groups is 1. The lowest BCUT2D eigenvalue weighted by Gasteiger charge is -2.18. The van der Waals surface area contributed by atoms with Gasteiger partial charge in [0.2, 0.25) is 0 Å². The highest BCUT2D eigenvalue weighted by atomic mass is 16.3. The normalized spacial score (nSPS) is 14.4. The summed E-state index contributed by atoms with van der Waals surface area (Å²) in [6.07, 6.45) is 9.28. The van der Waals surface area contributed by atoms with Gasteiger partial charge in [-0.25, -0.2) is 0 Å². The number of nitrogens with zero attached hydrogens (tertiary/aromatic N) is 1. The molecule has 18 heavy (non-hydrogen) atoms. The number of aliphatic hydroxyl groups excluding tert-OH is 1. The number of rotatable bonds is 9. The van der Waals surface area contributed by atoms with Crippen LogP contribution in [0.15, 0.2) is 24.4 Å². The largest absolute Gasteiger partial charge is 0.393 e. The lowest BCUT2D eigenvalue weighted by molar-refractivity contribution is 0.128. The fourth-order valence-corrected chi connectivity index (χ4v) is 2.34. The fraction of sp³-hybridized carbons (Fsp3) is 0.688. The monoisotopic (exact) mass is 249 g/mol. The van der Waals surface area contributed by atoms with Gasteiger partial charge in [0.1, 0.15) is 0 Å². The SMILES string of the molecule is CCCCC(CC)CC(O)CCc1ccccn1. The van der Waals surface area contributed by atoms with Crippen molar-refractivity contribution in [2.75, 3.05) is 0 Å². The van der Waals surface area contributed by atoms with Gasteiger partial charge >= 0.3 is 0 Å². The molecule has 0 spiro atoms. The van der Waals surface area contributed by atoms with Crippen LogP contribution in [0.2, 0.25) is 0 Å². The van der Waals surface area contributed by atoms with Crippen LogP contribution in [0, 0.1) is 5.92 Å². The van der Waals surface area contributed by atoms with Crippen LogP contribution in [0.25, 0.3) is 0 Å². The van der Waals surface area contributed by atoms with Gasteiger partial charge in [-0.05, 0) is 37.3 Å². The Kier molecular flexibility index (Phi) is 7.66. The van der Waals surface area contributed by atoms with Crippen LogP contribution < -0.4 is 0 Å². The Hall–Kier alpha value is -0.890.